The molecule has 0 aliphatic heterocycles. The van der Waals surface area contributed by atoms with Crippen LogP contribution in [0.2, 0.25) is 0 Å². The third-order valence-corrected chi connectivity index (χ3v) is 5.24. The van der Waals surface area contributed by atoms with E-state index in [1.807, 2.05) is 0 Å². The molecule has 27 heavy (non-hydrogen) atoms. The average molecular weight is 388 g/mol. The van der Waals surface area contributed by atoms with Crippen molar-refractivity contribution >= 4 is 29.0 Å². The number of carbonyl (C=O) groups excluding carboxylic acids is 1. The predicted molar refractivity (Wildman–Crippen MR) is 109 cm³/mol. The van der Waals surface area contributed by atoms with Crippen LogP contribution in [0.1, 0.15) is 36.0 Å². The van der Waals surface area contributed by atoms with Gasteiger partial charge in [0.15, 0.2) is 4.77 Å². The van der Waals surface area contributed by atoms with Crippen LogP contribution < -0.4 is 10.9 Å². The molecule has 3 rings (SSSR count). The van der Waals surface area contributed by atoms with Crippen molar-refractivity contribution in [2.24, 2.45) is 5.92 Å². The molecule has 1 aliphatic rings. The molecule has 1 unspecified atom stereocenters. The lowest BCUT2D eigenvalue weighted by Crippen LogP contribution is -2.27. The smallest absolute Gasteiger partial charge is 0.262 e. The highest BCUT2D eigenvalue weighted by Gasteiger charge is 2.12. The molecule has 0 saturated heterocycles. The van der Waals surface area contributed by atoms with Gasteiger partial charge in [-0.05, 0) is 62.0 Å². The maximum absolute atomic E-state index is 12.9. The molecule has 2 aromatic rings. The highest BCUT2D eigenvalue weighted by atomic mass is 32.1. The summed E-state index contributed by atoms with van der Waals surface area (Å²) >= 11 is 5.40. The quantitative estimate of drug-likeness (QED) is 0.435. The normalized spacial score (nSPS) is 16.6. The molecule has 1 heterocycles. The summed E-state index contributed by atoms with van der Waals surface area (Å²) in [5, 5.41) is 3.31. The van der Waals surface area contributed by atoms with Crippen molar-refractivity contribution in [3.63, 3.8) is 0 Å². The van der Waals surface area contributed by atoms with Crippen LogP contribution in [-0.2, 0) is 11.3 Å². The van der Waals surface area contributed by atoms with Gasteiger partial charge in [0.2, 0.25) is 0 Å². The van der Waals surface area contributed by atoms with Crippen LogP contribution in [-0.4, -0.2) is 35.7 Å². The Morgan fingerprint density at radius 2 is 2.30 bits per heavy atom. The fraction of sp³-hybridized carbons (Fsp3) is 0.450. The molecule has 0 radical (unpaired) electrons. The second-order valence-corrected chi connectivity index (χ2v) is 7.19. The molecule has 1 atom stereocenters. The predicted octanol–water partition coefficient (Wildman–Crippen LogP) is 3.18. The summed E-state index contributed by atoms with van der Waals surface area (Å²) in [6.45, 7) is 1.47. The van der Waals surface area contributed by atoms with Crippen molar-refractivity contribution in [2.75, 3.05) is 20.3 Å². The van der Waals surface area contributed by atoms with Crippen LogP contribution in [0.5, 0.6) is 0 Å². The number of nitrogens with one attached hydrogen (secondary N) is 2. The van der Waals surface area contributed by atoms with Crippen molar-refractivity contribution < 1.29 is 9.53 Å². The van der Waals surface area contributed by atoms with Crippen LogP contribution in [0.15, 0.2) is 35.1 Å². The largest absolute Gasteiger partial charge is 0.383 e. The third-order valence-electron chi connectivity index (χ3n) is 4.91. The Hall–Kier alpha value is -2.25. The van der Waals surface area contributed by atoms with E-state index in [2.05, 4.69) is 22.5 Å². The van der Waals surface area contributed by atoms with Gasteiger partial charge in [0.25, 0.3) is 11.5 Å². The Morgan fingerprint density at radius 3 is 3.04 bits per heavy atom. The van der Waals surface area contributed by atoms with Gasteiger partial charge in [-0.15, -0.1) is 0 Å². The Kier molecular flexibility index (Phi) is 6.58. The fourth-order valence-corrected chi connectivity index (χ4v) is 3.67. The number of hydrogen-bond donors (Lipinski definition) is 2. The molecule has 6 nitrogen and oxygen atoms in total. The zero-order valence-electron chi connectivity index (χ0n) is 15.5. The Balaban J connectivity index is 1.82. The summed E-state index contributed by atoms with van der Waals surface area (Å²) in [5.74, 6) is 0.301. The number of nitrogens with zero attached hydrogens (tertiary/aromatic N) is 1. The minimum absolute atomic E-state index is 0.111. The monoisotopic (exact) mass is 387 g/mol. The van der Waals surface area contributed by atoms with E-state index in [1.54, 1.807) is 29.9 Å². The van der Waals surface area contributed by atoms with Gasteiger partial charge in [0, 0.05) is 25.8 Å². The molecule has 0 fully saturated rings. The number of methoxy groups -OCH3 is 1. The van der Waals surface area contributed by atoms with Crippen LogP contribution in [0.3, 0.4) is 0 Å². The molecule has 1 aliphatic carbocycles. The summed E-state index contributed by atoms with van der Waals surface area (Å²) in [6.07, 6.45) is 8.88. The van der Waals surface area contributed by atoms with Crippen molar-refractivity contribution in [1.82, 2.24) is 14.9 Å². The first-order valence-electron chi connectivity index (χ1n) is 9.31. The second kappa shape index (κ2) is 9.10. The number of ether oxygens (including phenoxy) is 1. The van der Waals surface area contributed by atoms with Crippen molar-refractivity contribution in [2.45, 2.75) is 32.2 Å². The first-order valence-corrected chi connectivity index (χ1v) is 9.71. The van der Waals surface area contributed by atoms with Crippen molar-refractivity contribution in [1.29, 1.82) is 0 Å². The minimum Gasteiger partial charge on any atom is -0.383 e. The number of amides is 1. The van der Waals surface area contributed by atoms with Crippen molar-refractivity contribution in [3.05, 3.63) is 51.0 Å². The highest BCUT2D eigenvalue weighted by Crippen LogP contribution is 2.20. The first-order chi connectivity index (χ1) is 13.1. The fourth-order valence-electron chi connectivity index (χ4n) is 3.39. The molecule has 0 spiro atoms. The zero-order chi connectivity index (χ0) is 19.2. The van der Waals surface area contributed by atoms with E-state index in [0.29, 0.717) is 46.9 Å². The van der Waals surface area contributed by atoms with E-state index in [9.17, 15) is 9.59 Å². The lowest BCUT2D eigenvalue weighted by Gasteiger charge is -2.17. The molecular formula is C20H25N3O3S. The van der Waals surface area contributed by atoms with Gasteiger partial charge in [-0.2, -0.15) is 0 Å². The molecule has 1 amide bonds. The van der Waals surface area contributed by atoms with E-state index < -0.39 is 0 Å². The topological polar surface area (TPSA) is 76.1 Å². The summed E-state index contributed by atoms with van der Waals surface area (Å²) in [6, 6.07) is 5.02. The Bertz CT molecular complexity index is 961. The first kappa shape index (κ1) is 19.5. The van der Waals surface area contributed by atoms with Gasteiger partial charge in [-0.25, -0.2) is 0 Å². The molecule has 0 bridgehead atoms. The number of aromatic nitrogens is 2. The van der Waals surface area contributed by atoms with Gasteiger partial charge < -0.3 is 15.0 Å². The zero-order valence-corrected chi connectivity index (χ0v) is 16.3. The molecular weight excluding hydrogens is 362 g/mol. The van der Waals surface area contributed by atoms with Gasteiger partial charge in [-0.1, -0.05) is 12.2 Å². The number of H-pyrrole nitrogens is 1. The number of rotatable bonds is 7. The number of aromatic amines is 1. The van der Waals surface area contributed by atoms with Gasteiger partial charge in [0.1, 0.15) is 0 Å². The van der Waals surface area contributed by atoms with Gasteiger partial charge >= 0.3 is 0 Å². The molecule has 0 saturated carbocycles. The molecule has 1 aromatic heterocycles. The highest BCUT2D eigenvalue weighted by molar-refractivity contribution is 7.71. The summed E-state index contributed by atoms with van der Waals surface area (Å²) in [4.78, 5) is 28.1. The number of carbonyl (C=O) groups is 1. The summed E-state index contributed by atoms with van der Waals surface area (Å²) in [7, 11) is 1.58. The summed E-state index contributed by atoms with van der Waals surface area (Å²) in [5.41, 5.74) is 0.951. The number of fused-ring (bicyclic) bond motifs is 1. The minimum atomic E-state index is -0.207. The lowest BCUT2D eigenvalue weighted by atomic mass is 9.93. The van der Waals surface area contributed by atoms with E-state index in [1.165, 1.54) is 6.42 Å². The standard InChI is InChI=1S/C20H25N3O3S/c1-26-12-10-21-18(24)15-7-8-16-17(13-15)22-20(27)23(19(16)25)11-9-14-5-3-2-4-6-14/h3,5,7-8,13-14H,2,4,6,9-12H2,1H3,(H,21,24)(H,22,27). The molecule has 2 N–H and O–H groups in total. The number of allylic oxidation sites excluding steroid dienone is 2. The van der Waals surface area contributed by atoms with Crippen LogP contribution >= 0.6 is 12.2 Å². The van der Waals surface area contributed by atoms with E-state index >= 15 is 0 Å². The summed E-state index contributed by atoms with van der Waals surface area (Å²) < 4.78 is 6.94. The van der Waals surface area contributed by atoms with E-state index in [4.69, 9.17) is 17.0 Å². The van der Waals surface area contributed by atoms with Gasteiger partial charge in [0.05, 0.1) is 17.5 Å². The Labute approximate surface area is 163 Å². The molecule has 1 aromatic carbocycles. The molecule has 7 heteroatoms. The van der Waals surface area contributed by atoms with E-state index in [-0.39, 0.29) is 11.5 Å². The lowest BCUT2D eigenvalue weighted by molar-refractivity contribution is 0.0937. The number of benzene rings is 1. The van der Waals surface area contributed by atoms with Crippen LogP contribution in [0.25, 0.3) is 10.9 Å². The second-order valence-electron chi connectivity index (χ2n) is 6.80. The number of hydrogen-bond acceptors (Lipinski definition) is 4. The van der Waals surface area contributed by atoms with Gasteiger partial charge in [-0.3, -0.25) is 14.2 Å². The van der Waals surface area contributed by atoms with E-state index in [0.717, 1.165) is 19.3 Å². The third kappa shape index (κ3) is 4.73. The molecule has 144 valence electrons. The van der Waals surface area contributed by atoms with Crippen LogP contribution in [0.4, 0.5) is 0 Å². The SMILES string of the molecule is COCCNC(=O)c1ccc2c(=O)n(CCC3C=CCCC3)c(=S)[nH]c2c1. The maximum Gasteiger partial charge on any atom is 0.262 e. The Morgan fingerprint density at radius 1 is 1.44 bits per heavy atom. The maximum atomic E-state index is 12.9. The van der Waals surface area contributed by atoms with Crippen LogP contribution in [0, 0.1) is 10.7 Å². The average Bonchev–Trinajstić information content (AvgIpc) is 2.68. The van der Waals surface area contributed by atoms with Crippen molar-refractivity contribution in [3.8, 4) is 0 Å².